The molecule has 0 amide bonds. The van der Waals surface area contributed by atoms with Crippen LogP contribution in [0, 0.1) is 5.92 Å². The maximum atomic E-state index is 11.7. The lowest BCUT2D eigenvalue weighted by Gasteiger charge is -2.40. The Morgan fingerprint density at radius 3 is 2.25 bits per heavy atom. The highest BCUT2D eigenvalue weighted by atomic mass is 16.5. The molecular formula is C21H36NO2+. The van der Waals surface area contributed by atoms with Crippen molar-refractivity contribution in [3.63, 3.8) is 0 Å². The summed E-state index contributed by atoms with van der Waals surface area (Å²) in [5.41, 5.74) is 0.349. The van der Waals surface area contributed by atoms with Gasteiger partial charge in [-0.15, -0.1) is 0 Å². The Morgan fingerprint density at radius 1 is 1.08 bits per heavy atom. The Morgan fingerprint density at radius 2 is 1.71 bits per heavy atom. The molecule has 1 saturated carbocycles. The van der Waals surface area contributed by atoms with Gasteiger partial charge in [-0.05, 0) is 42.9 Å². The Balaban J connectivity index is 2.20. The van der Waals surface area contributed by atoms with Crippen LogP contribution in [-0.4, -0.2) is 43.9 Å². The first kappa shape index (κ1) is 19.3. The van der Waals surface area contributed by atoms with E-state index in [4.69, 9.17) is 4.74 Å². The summed E-state index contributed by atoms with van der Waals surface area (Å²) in [4.78, 5) is 0. The van der Waals surface area contributed by atoms with Gasteiger partial charge in [-0.25, -0.2) is 0 Å². The van der Waals surface area contributed by atoms with E-state index in [1.165, 1.54) is 19.3 Å². The first-order valence-electron chi connectivity index (χ1n) is 9.61. The molecule has 3 heteroatoms. The Hall–Kier alpha value is -1.06. The van der Waals surface area contributed by atoms with E-state index in [9.17, 15) is 5.11 Å². The van der Waals surface area contributed by atoms with Gasteiger partial charge < -0.3 is 14.3 Å². The Bertz CT molecular complexity index is 486. The maximum absolute atomic E-state index is 11.7. The number of hydrogen-bond acceptors (Lipinski definition) is 2. The fraction of sp³-hybridized carbons (Fsp3) is 0.714. The van der Waals surface area contributed by atoms with Crippen LogP contribution in [0.1, 0.15) is 57.4 Å². The van der Waals surface area contributed by atoms with Crippen molar-refractivity contribution >= 4 is 0 Å². The summed E-state index contributed by atoms with van der Waals surface area (Å²) in [5, 5.41) is 11.7. The van der Waals surface area contributed by atoms with Crippen LogP contribution >= 0.6 is 0 Å². The van der Waals surface area contributed by atoms with Crippen LogP contribution in [-0.2, 0) is 5.60 Å². The number of aliphatic hydroxyl groups is 1. The third-order valence-corrected chi connectivity index (χ3v) is 5.27. The van der Waals surface area contributed by atoms with Crippen LogP contribution in [0.4, 0.5) is 0 Å². The van der Waals surface area contributed by atoms with Gasteiger partial charge in [-0.1, -0.05) is 38.3 Å². The quantitative estimate of drug-likeness (QED) is 0.717. The molecule has 0 aromatic heterocycles. The van der Waals surface area contributed by atoms with Crippen molar-refractivity contribution in [2.24, 2.45) is 5.92 Å². The second kappa shape index (κ2) is 8.35. The third kappa shape index (κ3) is 5.22. The van der Waals surface area contributed by atoms with Crippen LogP contribution in [0.3, 0.4) is 0 Å². The number of nitrogens with zero attached hydrogens (tertiary/aromatic N) is 1. The second-order valence-corrected chi connectivity index (χ2v) is 8.40. The zero-order valence-corrected chi connectivity index (χ0v) is 16.1. The van der Waals surface area contributed by atoms with Crippen molar-refractivity contribution in [1.82, 2.24) is 0 Å². The summed E-state index contributed by atoms with van der Waals surface area (Å²) in [6, 6.07) is 8.19. The van der Waals surface area contributed by atoms with Crippen molar-refractivity contribution in [2.45, 2.75) is 57.5 Å². The molecule has 2 rings (SSSR count). The molecule has 1 aliphatic carbocycles. The van der Waals surface area contributed by atoms with Crippen LogP contribution in [0.5, 0.6) is 5.75 Å². The van der Waals surface area contributed by atoms with E-state index in [-0.39, 0.29) is 0 Å². The van der Waals surface area contributed by atoms with Crippen molar-refractivity contribution in [1.29, 1.82) is 0 Å². The minimum Gasteiger partial charge on any atom is -0.494 e. The summed E-state index contributed by atoms with van der Waals surface area (Å²) in [5.74, 6) is 1.28. The number of rotatable bonds is 8. The van der Waals surface area contributed by atoms with Gasteiger partial charge in [-0.3, -0.25) is 0 Å². The molecule has 1 fully saturated rings. The molecular weight excluding hydrogens is 298 g/mol. The second-order valence-electron chi connectivity index (χ2n) is 8.40. The smallest absolute Gasteiger partial charge is 0.119 e. The molecule has 136 valence electrons. The Labute approximate surface area is 148 Å². The molecule has 0 aliphatic heterocycles. The maximum Gasteiger partial charge on any atom is 0.119 e. The number of ether oxygens (including phenoxy) is 1. The largest absolute Gasteiger partial charge is 0.494 e. The highest BCUT2D eigenvalue weighted by Gasteiger charge is 2.39. The third-order valence-electron chi connectivity index (χ3n) is 5.27. The SMILES string of the molecule is CCCOc1ccc([C@@](O)(CC[N+](C)(C)C)C2CCCCC2)cc1. The summed E-state index contributed by atoms with van der Waals surface area (Å²) in [6.45, 7) is 3.83. The van der Waals surface area contributed by atoms with Crippen molar-refractivity contribution in [3.05, 3.63) is 29.8 Å². The number of benzene rings is 1. The number of hydrogen-bond donors (Lipinski definition) is 1. The van der Waals surface area contributed by atoms with Gasteiger partial charge >= 0.3 is 0 Å². The fourth-order valence-electron chi connectivity index (χ4n) is 3.73. The number of quaternary nitrogens is 1. The molecule has 0 spiro atoms. The summed E-state index contributed by atoms with van der Waals surface area (Å²) in [6.07, 6.45) is 7.91. The van der Waals surface area contributed by atoms with Gasteiger partial charge in [0.05, 0.1) is 39.9 Å². The monoisotopic (exact) mass is 334 g/mol. The van der Waals surface area contributed by atoms with Gasteiger partial charge in [0.2, 0.25) is 0 Å². The average molecular weight is 335 g/mol. The molecule has 24 heavy (non-hydrogen) atoms. The molecule has 1 N–H and O–H groups in total. The van der Waals surface area contributed by atoms with Gasteiger partial charge in [0, 0.05) is 6.42 Å². The van der Waals surface area contributed by atoms with Crippen molar-refractivity contribution < 1.29 is 14.3 Å². The fourth-order valence-corrected chi connectivity index (χ4v) is 3.73. The predicted octanol–water partition coefficient (Wildman–Crippen LogP) is 4.34. The Kier molecular flexibility index (Phi) is 6.70. The predicted molar refractivity (Wildman–Crippen MR) is 100 cm³/mol. The highest BCUT2D eigenvalue weighted by molar-refractivity contribution is 5.31. The van der Waals surface area contributed by atoms with Crippen LogP contribution in [0.15, 0.2) is 24.3 Å². The van der Waals surface area contributed by atoms with Gasteiger partial charge in [-0.2, -0.15) is 0 Å². The zero-order valence-electron chi connectivity index (χ0n) is 16.1. The summed E-state index contributed by atoms with van der Waals surface area (Å²) < 4.78 is 6.58. The molecule has 1 atom stereocenters. The lowest BCUT2D eigenvalue weighted by Crippen LogP contribution is -2.43. The standard InChI is InChI=1S/C21H36NO2/c1-5-17-24-20-13-11-19(12-14-20)21(23,15-16-22(2,3)4)18-9-7-6-8-10-18/h11-14,18,23H,5-10,15-17H2,1-4H3/q+1/t21-/m1/s1. The van der Waals surface area contributed by atoms with E-state index < -0.39 is 5.60 Å². The zero-order chi connectivity index (χ0) is 17.6. The van der Waals surface area contributed by atoms with E-state index in [0.717, 1.165) is 54.6 Å². The molecule has 0 unspecified atom stereocenters. The summed E-state index contributed by atoms with van der Waals surface area (Å²) >= 11 is 0. The van der Waals surface area contributed by atoms with Crippen molar-refractivity contribution in [3.8, 4) is 5.75 Å². The topological polar surface area (TPSA) is 29.5 Å². The van der Waals surface area contributed by atoms with E-state index in [0.29, 0.717) is 5.92 Å². The van der Waals surface area contributed by atoms with E-state index >= 15 is 0 Å². The van der Waals surface area contributed by atoms with Crippen LogP contribution in [0.25, 0.3) is 0 Å². The summed E-state index contributed by atoms with van der Waals surface area (Å²) in [7, 11) is 6.59. The molecule has 0 saturated heterocycles. The molecule has 0 heterocycles. The van der Waals surface area contributed by atoms with Gasteiger partial charge in [0.1, 0.15) is 5.75 Å². The molecule has 0 radical (unpaired) electrons. The molecule has 1 aliphatic rings. The molecule has 0 bridgehead atoms. The van der Waals surface area contributed by atoms with Gasteiger partial charge in [0.15, 0.2) is 0 Å². The normalized spacial score (nSPS) is 19.0. The lowest BCUT2D eigenvalue weighted by atomic mass is 9.71. The van der Waals surface area contributed by atoms with E-state index in [2.05, 4.69) is 40.2 Å². The highest BCUT2D eigenvalue weighted by Crippen LogP contribution is 2.42. The van der Waals surface area contributed by atoms with E-state index in [1.807, 2.05) is 12.1 Å². The minimum atomic E-state index is -0.713. The van der Waals surface area contributed by atoms with Crippen LogP contribution in [0.2, 0.25) is 0 Å². The average Bonchev–Trinajstić information content (AvgIpc) is 2.58. The van der Waals surface area contributed by atoms with Gasteiger partial charge in [0.25, 0.3) is 0 Å². The molecule has 3 nitrogen and oxygen atoms in total. The molecule has 1 aromatic carbocycles. The first-order chi connectivity index (χ1) is 11.3. The minimum absolute atomic E-state index is 0.375. The van der Waals surface area contributed by atoms with Crippen LogP contribution < -0.4 is 4.74 Å². The van der Waals surface area contributed by atoms with E-state index in [1.54, 1.807) is 0 Å². The first-order valence-corrected chi connectivity index (χ1v) is 9.61. The molecule has 1 aromatic rings. The van der Waals surface area contributed by atoms with Crippen molar-refractivity contribution in [2.75, 3.05) is 34.3 Å². The lowest BCUT2D eigenvalue weighted by molar-refractivity contribution is -0.871.